The molecule has 1 heterocycles. The minimum Gasteiger partial charge on any atom is -0.380 e. The summed E-state index contributed by atoms with van der Waals surface area (Å²) in [4.78, 5) is 13.8. The highest BCUT2D eigenvalue weighted by molar-refractivity contribution is 5.78. The quantitative estimate of drug-likeness (QED) is 0.870. The molecule has 0 aromatic rings. The molecule has 0 aromatic carbocycles. The summed E-state index contributed by atoms with van der Waals surface area (Å²) in [5, 5.41) is 9.61. The highest BCUT2D eigenvalue weighted by Gasteiger charge is 2.55. The van der Waals surface area contributed by atoms with Gasteiger partial charge < -0.3 is 10.0 Å². The number of aliphatic hydroxyl groups is 1. The molecular weight excluding hydrogens is 283 g/mol. The number of hydrogen-bond acceptors (Lipinski definition) is 2. The number of piperidine rings is 1. The van der Waals surface area contributed by atoms with Crippen molar-refractivity contribution in [1.82, 2.24) is 4.90 Å². The number of carbonyl (C=O) groups is 1. The van der Waals surface area contributed by atoms with Gasteiger partial charge >= 0.3 is 6.18 Å². The van der Waals surface area contributed by atoms with Gasteiger partial charge in [0, 0.05) is 31.8 Å². The molecule has 0 bridgehead atoms. The van der Waals surface area contributed by atoms with Crippen molar-refractivity contribution >= 4 is 5.91 Å². The molecule has 0 spiro atoms. The van der Waals surface area contributed by atoms with Crippen molar-refractivity contribution in [3.8, 4) is 0 Å². The van der Waals surface area contributed by atoms with E-state index in [1.165, 1.54) is 17.7 Å². The van der Waals surface area contributed by atoms with Crippen molar-refractivity contribution in [2.75, 3.05) is 13.1 Å². The van der Waals surface area contributed by atoms with Crippen LogP contribution in [-0.4, -0.2) is 40.8 Å². The molecule has 1 aliphatic heterocycles. The summed E-state index contributed by atoms with van der Waals surface area (Å²) < 4.78 is 38.2. The average molecular weight is 307 g/mol. The smallest absolute Gasteiger partial charge is 0.380 e. The zero-order valence-corrected chi connectivity index (χ0v) is 12.5. The first-order chi connectivity index (χ1) is 9.73. The van der Waals surface area contributed by atoms with E-state index in [4.69, 9.17) is 0 Å². The van der Waals surface area contributed by atoms with Crippen molar-refractivity contribution in [2.45, 2.75) is 63.6 Å². The van der Waals surface area contributed by atoms with Gasteiger partial charge in [0.15, 0.2) is 5.60 Å². The van der Waals surface area contributed by atoms with Crippen molar-refractivity contribution in [1.29, 1.82) is 0 Å². The third kappa shape index (κ3) is 3.71. The van der Waals surface area contributed by atoms with Gasteiger partial charge in [-0.25, -0.2) is 0 Å². The van der Waals surface area contributed by atoms with Gasteiger partial charge in [-0.2, -0.15) is 13.2 Å². The van der Waals surface area contributed by atoms with Gasteiger partial charge in [-0.05, 0) is 12.3 Å². The van der Waals surface area contributed by atoms with Gasteiger partial charge in [-0.1, -0.05) is 32.6 Å². The number of alkyl halides is 3. The van der Waals surface area contributed by atoms with E-state index in [0.717, 1.165) is 19.3 Å². The number of carbonyl (C=O) groups excluding carboxylic acids is 1. The predicted molar refractivity (Wildman–Crippen MR) is 72.6 cm³/mol. The van der Waals surface area contributed by atoms with Gasteiger partial charge in [-0.15, -0.1) is 0 Å². The number of amides is 1. The van der Waals surface area contributed by atoms with Crippen molar-refractivity contribution in [3.05, 3.63) is 0 Å². The monoisotopic (exact) mass is 307 g/mol. The average Bonchev–Trinajstić information content (AvgIpc) is 2.90. The lowest BCUT2D eigenvalue weighted by Crippen LogP contribution is -2.55. The van der Waals surface area contributed by atoms with E-state index in [1.807, 2.05) is 6.92 Å². The van der Waals surface area contributed by atoms with E-state index in [2.05, 4.69) is 0 Å². The van der Waals surface area contributed by atoms with Crippen LogP contribution in [0.15, 0.2) is 0 Å². The number of hydrogen-bond donors (Lipinski definition) is 1. The van der Waals surface area contributed by atoms with E-state index in [0.29, 0.717) is 5.92 Å². The van der Waals surface area contributed by atoms with Crippen LogP contribution in [-0.2, 0) is 4.79 Å². The van der Waals surface area contributed by atoms with Crippen LogP contribution in [0.4, 0.5) is 13.2 Å². The maximum absolute atomic E-state index is 12.7. The summed E-state index contributed by atoms with van der Waals surface area (Å²) in [6, 6.07) is 0. The van der Waals surface area contributed by atoms with E-state index in [9.17, 15) is 23.1 Å². The second-order valence-electron chi connectivity index (χ2n) is 6.64. The Hall–Kier alpha value is -0.780. The van der Waals surface area contributed by atoms with Crippen LogP contribution < -0.4 is 0 Å². The van der Waals surface area contributed by atoms with Gasteiger partial charge in [0.2, 0.25) is 5.91 Å². The normalized spacial score (nSPS) is 25.1. The Bertz CT molecular complexity index is 370. The molecule has 1 aliphatic carbocycles. The van der Waals surface area contributed by atoms with Crippen LogP contribution in [0.25, 0.3) is 0 Å². The lowest BCUT2D eigenvalue weighted by molar-refractivity contribution is -0.272. The van der Waals surface area contributed by atoms with Crippen LogP contribution in [0.3, 0.4) is 0 Å². The summed E-state index contributed by atoms with van der Waals surface area (Å²) in [5.74, 6) is 0.386. The highest BCUT2D eigenvalue weighted by atomic mass is 19.4. The molecule has 1 unspecified atom stereocenters. The lowest BCUT2D eigenvalue weighted by Gasteiger charge is -2.40. The lowest BCUT2D eigenvalue weighted by atomic mass is 9.89. The molecule has 0 aromatic heterocycles. The molecule has 1 amide bonds. The summed E-state index contributed by atoms with van der Waals surface area (Å²) in [6.45, 7) is 1.85. The van der Waals surface area contributed by atoms with Crippen LogP contribution in [0.2, 0.25) is 0 Å². The predicted octanol–water partition coefficient (Wildman–Crippen LogP) is 3.12. The molecule has 1 saturated heterocycles. The van der Waals surface area contributed by atoms with Gasteiger partial charge in [-0.3, -0.25) is 4.79 Å². The molecule has 2 fully saturated rings. The SMILES string of the molecule is CC(CC1CCCC1)C(=O)N1CCC(O)(C(F)(F)F)CC1. The summed E-state index contributed by atoms with van der Waals surface area (Å²) >= 11 is 0. The molecule has 6 heteroatoms. The molecular formula is C15H24F3NO2. The maximum Gasteiger partial charge on any atom is 0.417 e. The molecule has 122 valence electrons. The Morgan fingerprint density at radius 2 is 1.81 bits per heavy atom. The Kier molecular flexibility index (Phi) is 4.85. The zero-order chi connectivity index (χ0) is 15.7. The second kappa shape index (κ2) is 6.15. The van der Waals surface area contributed by atoms with E-state index in [1.54, 1.807) is 0 Å². The molecule has 3 nitrogen and oxygen atoms in total. The van der Waals surface area contributed by atoms with E-state index < -0.39 is 24.6 Å². The third-order valence-corrected chi connectivity index (χ3v) is 5.01. The Labute approximate surface area is 123 Å². The third-order valence-electron chi connectivity index (χ3n) is 5.01. The van der Waals surface area contributed by atoms with Gasteiger partial charge in [0.1, 0.15) is 0 Å². The Morgan fingerprint density at radius 3 is 2.29 bits per heavy atom. The van der Waals surface area contributed by atoms with Crippen LogP contribution in [0, 0.1) is 11.8 Å². The van der Waals surface area contributed by atoms with Crippen LogP contribution in [0.1, 0.15) is 51.9 Å². The van der Waals surface area contributed by atoms with E-state index in [-0.39, 0.29) is 24.9 Å². The minimum atomic E-state index is -4.61. The molecule has 2 aliphatic rings. The first-order valence-electron chi connectivity index (χ1n) is 7.81. The van der Waals surface area contributed by atoms with Gasteiger partial charge in [0.05, 0.1) is 0 Å². The summed E-state index contributed by atoms with van der Waals surface area (Å²) in [5.41, 5.74) is -2.63. The maximum atomic E-state index is 12.7. The molecule has 1 saturated carbocycles. The van der Waals surface area contributed by atoms with Crippen molar-refractivity contribution in [2.24, 2.45) is 11.8 Å². The fraction of sp³-hybridized carbons (Fsp3) is 0.933. The molecule has 0 radical (unpaired) electrons. The molecule has 2 rings (SSSR count). The van der Waals surface area contributed by atoms with Crippen LogP contribution in [0.5, 0.6) is 0 Å². The Balaban J connectivity index is 1.85. The molecule has 21 heavy (non-hydrogen) atoms. The largest absolute Gasteiger partial charge is 0.417 e. The number of halogens is 3. The fourth-order valence-electron chi connectivity index (χ4n) is 3.54. The Morgan fingerprint density at radius 1 is 1.29 bits per heavy atom. The highest BCUT2D eigenvalue weighted by Crippen LogP contribution is 2.39. The standard InChI is InChI=1S/C15H24F3NO2/c1-11(10-12-4-2-3-5-12)13(20)19-8-6-14(21,7-9-19)15(16,17)18/h11-12,21H,2-10H2,1H3. The van der Waals surface area contributed by atoms with Crippen molar-refractivity contribution < 1.29 is 23.1 Å². The molecule has 1 atom stereocenters. The number of nitrogens with zero attached hydrogens (tertiary/aromatic N) is 1. The zero-order valence-electron chi connectivity index (χ0n) is 12.5. The minimum absolute atomic E-state index is 0.0101. The first-order valence-corrected chi connectivity index (χ1v) is 7.81. The first kappa shape index (κ1) is 16.6. The number of likely N-dealkylation sites (tertiary alicyclic amines) is 1. The van der Waals surface area contributed by atoms with E-state index >= 15 is 0 Å². The second-order valence-corrected chi connectivity index (χ2v) is 6.64. The van der Waals surface area contributed by atoms with Gasteiger partial charge in [0.25, 0.3) is 0 Å². The summed E-state index contributed by atoms with van der Waals surface area (Å²) in [7, 11) is 0. The fourth-order valence-corrected chi connectivity index (χ4v) is 3.54. The topological polar surface area (TPSA) is 40.5 Å². The van der Waals surface area contributed by atoms with Crippen LogP contribution >= 0.6 is 0 Å². The number of rotatable bonds is 3. The van der Waals surface area contributed by atoms with Crippen molar-refractivity contribution in [3.63, 3.8) is 0 Å². The molecule has 1 N–H and O–H groups in total. The summed E-state index contributed by atoms with van der Waals surface area (Å²) in [6.07, 6.45) is 0.131.